The second-order valence-corrected chi connectivity index (χ2v) is 10.6. The molecule has 0 aliphatic rings. The van der Waals surface area contributed by atoms with E-state index in [0.29, 0.717) is 29.9 Å². The molecule has 0 fully saturated rings. The molecule has 1 unspecified atom stereocenters. The van der Waals surface area contributed by atoms with Gasteiger partial charge in [0.25, 0.3) is 0 Å². The minimum atomic E-state index is 0.387. The topological polar surface area (TPSA) is 64.7 Å². The van der Waals surface area contributed by atoms with Gasteiger partial charge in [-0.05, 0) is 58.8 Å². The van der Waals surface area contributed by atoms with Crippen LogP contribution in [0.3, 0.4) is 0 Å². The van der Waals surface area contributed by atoms with Gasteiger partial charge < -0.3 is 5.73 Å². The van der Waals surface area contributed by atoms with E-state index in [-0.39, 0.29) is 0 Å². The van der Waals surface area contributed by atoms with Crippen molar-refractivity contribution in [2.75, 3.05) is 6.54 Å². The lowest BCUT2D eigenvalue weighted by Gasteiger charge is -2.15. The number of rotatable bonds is 8. The molecule has 0 spiro atoms. The van der Waals surface area contributed by atoms with Gasteiger partial charge in [0.1, 0.15) is 0 Å². The molecule has 42 heavy (non-hydrogen) atoms. The molecular weight excluding hydrogens is 512 g/mol. The maximum absolute atomic E-state index is 5.96. The third-order valence-corrected chi connectivity index (χ3v) is 7.82. The van der Waals surface area contributed by atoms with Crippen molar-refractivity contribution in [2.24, 2.45) is 11.7 Å². The first kappa shape index (κ1) is 27.3. The van der Waals surface area contributed by atoms with Crippen LogP contribution >= 0.6 is 0 Å². The van der Waals surface area contributed by atoms with Crippen LogP contribution in [0, 0.1) is 5.92 Å². The maximum Gasteiger partial charge on any atom is 0.165 e. The third-order valence-electron chi connectivity index (χ3n) is 7.82. The van der Waals surface area contributed by atoms with E-state index in [2.05, 4.69) is 80.6 Å². The van der Waals surface area contributed by atoms with E-state index >= 15 is 0 Å². The van der Waals surface area contributed by atoms with E-state index in [1.807, 2.05) is 60.7 Å². The number of fused-ring (bicyclic) bond motifs is 1. The fourth-order valence-corrected chi connectivity index (χ4v) is 5.39. The standard InChI is InChI=1S/C38H34N4/c1-3-27(25-39)24-26(2)28-18-20-30(21-19-28)34-23-22-29-12-10-11-17-33(29)35(34)38-41-36(31-13-6-4-7-14-31)40-37(42-38)32-15-8-5-9-16-32/h4-24,27H,3,25,39H2,1-2H3/b26-24+. The number of allylic oxidation sites excluding steroid dienone is 1. The van der Waals surface area contributed by atoms with Crippen LogP contribution in [0.5, 0.6) is 0 Å². The Morgan fingerprint density at radius 2 is 1.21 bits per heavy atom. The molecule has 206 valence electrons. The average Bonchev–Trinajstić information content (AvgIpc) is 3.07. The molecular formula is C38H34N4. The normalized spacial score (nSPS) is 12.4. The lowest BCUT2D eigenvalue weighted by Crippen LogP contribution is -2.11. The van der Waals surface area contributed by atoms with Gasteiger partial charge in [0, 0.05) is 16.7 Å². The Balaban J connectivity index is 1.55. The molecule has 6 rings (SSSR count). The van der Waals surface area contributed by atoms with E-state index < -0.39 is 0 Å². The summed E-state index contributed by atoms with van der Waals surface area (Å²) in [5.74, 6) is 2.35. The summed E-state index contributed by atoms with van der Waals surface area (Å²) in [5.41, 5.74) is 13.5. The third kappa shape index (κ3) is 5.63. The van der Waals surface area contributed by atoms with Crippen LogP contribution in [0.2, 0.25) is 0 Å². The molecule has 0 aliphatic heterocycles. The molecule has 4 heteroatoms. The zero-order valence-electron chi connectivity index (χ0n) is 24.0. The van der Waals surface area contributed by atoms with Crippen LogP contribution in [-0.4, -0.2) is 21.5 Å². The summed E-state index contributed by atoms with van der Waals surface area (Å²) in [4.78, 5) is 15.1. The molecule has 6 aromatic rings. The van der Waals surface area contributed by atoms with Gasteiger partial charge in [0.2, 0.25) is 0 Å². The number of nitrogens with two attached hydrogens (primary N) is 1. The molecule has 0 aliphatic carbocycles. The second kappa shape index (κ2) is 12.3. The Kier molecular flexibility index (Phi) is 7.98. The highest BCUT2D eigenvalue weighted by molar-refractivity contribution is 6.03. The number of benzene rings is 5. The van der Waals surface area contributed by atoms with E-state index in [0.717, 1.165) is 45.0 Å². The highest BCUT2D eigenvalue weighted by Crippen LogP contribution is 2.38. The molecule has 1 heterocycles. The van der Waals surface area contributed by atoms with Crippen LogP contribution in [0.15, 0.2) is 127 Å². The highest BCUT2D eigenvalue weighted by Gasteiger charge is 2.18. The molecule has 0 saturated heterocycles. The van der Waals surface area contributed by atoms with Crippen molar-refractivity contribution in [3.05, 3.63) is 133 Å². The van der Waals surface area contributed by atoms with Crippen molar-refractivity contribution < 1.29 is 0 Å². The van der Waals surface area contributed by atoms with Gasteiger partial charge in [-0.3, -0.25) is 0 Å². The van der Waals surface area contributed by atoms with Gasteiger partial charge in [0.05, 0.1) is 0 Å². The molecule has 0 saturated carbocycles. The lowest BCUT2D eigenvalue weighted by molar-refractivity contribution is 0.640. The van der Waals surface area contributed by atoms with Crippen LogP contribution < -0.4 is 5.73 Å². The quantitative estimate of drug-likeness (QED) is 0.207. The summed E-state index contributed by atoms with van der Waals surface area (Å²) in [5, 5.41) is 2.25. The molecule has 2 N–H and O–H groups in total. The Morgan fingerprint density at radius 1 is 0.643 bits per heavy atom. The number of aromatic nitrogens is 3. The zero-order chi connectivity index (χ0) is 28.9. The van der Waals surface area contributed by atoms with Gasteiger partial charge >= 0.3 is 0 Å². The van der Waals surface area contributed by atoms with E-state index in [4.69, 9.17) is 20.7 Å². The van der Waals surface area contributed by atoms with Gasteiger partial charge in [-0.2, -0.15) is 0 Å². The minimum absolute atomic E-state index is 0.387. The van der Waals surface area contributed by atoms with Gasteiger partial charge in [-0.15, -0.1) is 0 Å². The van der Waals surface area contributed by atoms with Gasteiger partial charge in [0.15, 0.2) is 17.5 Å². The van der Waals surface area contributed by atoms with Crippen LogP contribution in [0.4, 0.5) is 0 Å². The van der Waals surface area contributed by atoms with E-state index in [9.17, 15) is 0 Å². The summed E-state index contributed by atoms with van der Waals surface area (Å²) < 4.78 is 0. The Labute approximate surface area is 247 Å². The molecule has 0 amide bonds. The molecule has 0 bridgehead atoms. The van der Waals surface area contributed by atoms with Crippen molar-refractivity contribution in [3.63, 3.8) is 0 Å². The SMILES string of the molecule is CCC(/C=C(\C)c1ccc(-c2ccc3ccccc3c2-c2nc(-c3ccccc3)nc(-c3ccccc3)n2)cc1)CN. The second-order valence-electron chi connectivity index (χ2n) is 10.6. The Bertz CT molecular complexity index is 1780. The minimum Gasteiger partial charge on any atom is -0.330 e. The molecule has 1 atom stereocenters. The Morgan fingerprint density at radius 3 is 1.81 bits per heavy atom. The van der Waals surface area contributed by atoms with Crippen molar-refractivity contribution in [3.8, 4) is 45.3 Å². The van der Waals surface area contributed by atoms with Crippen LogP contribution in [-0.2, 0) is 0 Å². The summed E-state index contributed by atoms with van der Waals surface area (Å²) in [6.45, 7) is 5.00. The fraction of sp³-hybridized carbons (Fsp3) is 0.132. The number of nitrogens with zero attached hydrogens (tertiary/aromatic N) is 3. The first-order valence-corrected chi connectivity index (χ1v) is 14.5. The van der Waals surface area contributed by atoms with Crippen molar-refractivity contribution >= 4 is 16.3 Å². The number of hydrogen-bond acceptors (Lipinski definition) is 4. The average molecular weight is 547 g/mol. The van der Waals surface area contributed by atoms with Gasteiger partial charge in [-0.25, -0.2) is 15.0 Å². The number of hydrogen-bond donors (Lipinski definition) is 1. The van der Waals surface area contributed by atoms with Crippen molar-refractivity contribution in [2.45, 2.75) is 20.3 Å². The monoisotopic (exact) mass is 546 g/mol. The smallest absolute Gasteiger partial charge is 0.165 e. The largest absolute Gasteiger partial charge is 0.330 e. The predicted octanol–water partition coefficient (Wildman–Crippen LogP) is 9.08. The van der Waals surface area contributed by atoms with Gasteiger partial charge in [-0.1, -0.05) is 134 Å². The maximum atomic E-state index is 5.96. The van der Waals surface area contributed by atoms with Crippen molar-refractivity contribution in [1.29, 1.82) is 0 Å². The van der Waals surface area contributed by atoms with Crippen LogP contribution in [0.1, 0.15) is 25.8 Å². The van der Waals surface area contributed by atoms with Crippen molar-refractivity contribution in [1.82, 2.24) is 15.0 Å². The zero-order valence-corrected chi connectivity index (χ0v) is 24.0. The van der Waals surface area contributed by atoms with E-state index in [1.165, 1.54) is 11.1 Å². The van der Waals surface area contributed by atoms with E-state index in [1.54, 1.807) is 0 Å². The lowest BCUT2D eigenvalue weighted by atomic mass is 9.92. The Hall–Kier alpha value is -4.93. The molecule has 0 radical (unpaired) electrons. The highest BCUT2D eigenvalue weighted by atomic mass is 15.0. The first-order valence-electron chi connectivity index (χ1n) is 14.5. The summed E-state index contributed by atoms with van der Waals surface area (Å²) >= 11 is 0. The predicted molar refractivity (Wildman–Crippen MR) is 176 cm³/mol. The molecule has 5 aromatic carbocycles. The summed E-state index contributed by atoms with van der Waals surface area (Å²) in [6, 6.07) is 41.8. The summed E-state index contributed by atoms with van der Waals surface area (Å²) in [7, 11) is 0. The summed E-state index contributed by atoms with van der Waals surface area (Å²) in [6.07, 6.45) is 3.33. The molecule has 1 aromatic heterocycles. The fourth-order valence-electron chi connectivity index (χ4n) is 5.39. The van der Waals surface area contributed by atoms with Crippen LogP contribution in [0.25, 0.3) is 61.6 Å². The first-order chi connectivity index (χ1) is 20.6. The molecule has 4 nitrogen and oxygen atoms in total.